The summed E-state index contributed by atoms with van der Waals surface area (Å²) in [5.41, 5.74) is 2.04. The Morgan fingerprint density at radius 1 is 1.12 bits per heavy atom. The van der Waals surface area contributed by atoms with Gasteiger partial charge in [0.2, 0.25) is 0 Å². The van der Waals surface area contributed by atoms with Gasteiger partial charge in [-0.1, -0.05) is 17.3 Å². The number of hydrogen-bond donors (Lipinski definition) is 0. The van der Waals surface area contributed by atoms with E-state index in [0.29, 0.717) is 29.4 Å². The fourth-order valence-electron chi connectivity index (χ4n) is 2.58. The summed E-state index contributed by atoms with van der Waals surface area (Å²) >= 11 is 0. The highest BCUT2D eigenvalue weighted by molar-refractivity contribution is 5.97. The molecule has 1 amide bonds. The van der Waals surface area contributed by atoms with Crippen molar-refractivity contribution in [3.63, 3.8) is 0 Å². The fourth-order valence-corrected chi connectivity index (χ4v) is 2.58. The molecule has 4 rings (SSSR count). The second kappa shape index (κ2) is 5.77. The molecular weight excluding hydrogens is 311 g/mol. The van der Waals surface area contributed by atoms with Crippen LogP contribution in [0, 0.1) is 5.82 Å². The van der Waals surface area contributed by atoms with Crippen LogP contribution in [-0.4, -0.2) is 27.5 Å². The zero-order valence-electron chi connectivity index (χ0n) is 12.6. The topological polar surface area (TPSA) is 60.2 Å². The number of anilines is 1. The lowest BCUT2D eigenvalue weighted by molar-refractivity contribution is -0.121. The van der Waals surface area contributed by atoms with Gasteiger partial charge in [0.25, 0.3) is 5.91 Å². The van der Waals surface area contributed by atoms with Crippen molar-refractivity contribution in [2.75, 3.05) is 11.5 Å². The lowest BCUT2D eigenvalue weighted by Gasteiger charge is -2.28. The average molecular weight is 324 g/mol. The first kappa shape index (κ1) is 14.4. The normalized spacial score (nSPS) is 13.5. The van der Waals surface area contributed by atoms with Crippen LogP contribution in [0.2, 0.25) is 0 Å². The smallest absolute Gasteiger partial charge is 0.265 e. The van der Waals surface area contributed by atoms with Crippen LogP contribution in [0.3, 0.4) is 0 Å². The van der Waals surface area contributed by atoms with Gasteiger partial charge in [-0.2, -0.15) is 0 Å². The number of ether oxygens (including phenoxy) is 1. The summed E-state index contributed by atoms with van der Waals surface area (Å²) in [6.45, 7) is 0.295. The van der Waals surface area contributed by atoms with E-state index in [2.05, 4.69) is 10.3 Å². The molecule has 3 aromatic rings. The molecule has 0 aliphatic carbocycles. The summed E-state index contributed by atoms with van der Waals surface area (Å²) < 4.78 is 20.0. The first-order valence-electron chi connectivity index (χ1n) is 7.40. The number of benzene rings is 2. The fraction of sp³-hybridized carbons (Fsp3) is 0.118. The monoisotopic (exact) mass is 324 g/mol. The maximum absolute atomic E-state index is 13.0. The summed E-state index contributed by atoms with van der Waals surface area (Å²) in [6, 6.07) is 13.3. The summed E-state index contributed by atoms with van der Waals surface area (Å²) in [5.74, 6) is 0.225. The minimum Gasteiger partial charge on any atom is -0.482 e. The van der Waals surface area contributed by atoms with Gasteiger partial charge < -0.3 is 4.74 Å². The third-order valence-electron chi connectivity index (χ3n) is 3.76. The Balaban J connectivity index is 1.60. The van der Waals surface area contributed by atoms with Crippen LogP contribution < -0.4 is 9.64 Å². The molecule has 24 heavy (non-hydrogen) atoms. The van der Waals surface area contributed by atoms with Crippen molar-refractivity contribution < 1.29 is 13.9 Å². The molecule has 1 aromatic heterocycles. The molecule has 7 heteroatoms. The quantitative estimate of drug-likeness (QED) is 0.742. The van der Waals surface area contributed by atoms with Crippen LogP contribution in [0.15, 0.2) is 54.7 Å². The Kier molecular flexibility index (Phi) is 3.45. The highest BCUT2D eigenvalue weighted by atomic mass is 19.1. The van der Waals surface area contributed by atoms with E-state index in [-0.39, 0.29) is 18.3 Å². The van der Waals surface area contributed by atoms with Crippen LogP contribution in [0.1, 0.15) is 5.69 Å². The van der Waals surface area contributed by atoms with Gasteiger partial charge in [-0.15, -0.1) is 5.10 Å². The number of carbonyl (C=O) groups is 1. The number of amides is 1. The zero-order valence-corrected chi connectivity index (χ0v) is 12.6. The molecular formula is C17H13FN4O2. The Morgan fingerprint density at radius 2 is 1.92 bits per heavy atom. The predicted molar refractivity (Wildman–Crippen MR) is 84.4 cm³/mol. The molecule has 0 N–H and O–H groups in total. The Hall–Kier alpha value is -3.22. The molecule has 0 saturated heterocycles. The molecule has 120 valence electrons. The maximum Gasteiger partial charge on any atom is 0.265 e. The third kappa shape index (κ3) is 2.60. The highest BCUT2D eigenvalue weighted by Crippen LogP contribution is 2.32. The van der Waals surface area contributed by atoms with Crippen molar-refractivity contribution in [2.24, 2.45) is 0 Å². The summed E-state index contributed by atoms with van der Waals surface area (Å²) in [7, 11) is 0. The average Bonchev–Trinajstić information content (AvgIpc) is 3.07. The molecule has 0 unspecified atom stereocenters. The second-order valence-corrected chi connectivity index (χ2v) is 5.37. The van der Waals surface area contributed by atoms with Gasteiger partial charge in [0.1, 0.15) is 17.3 Å². The number of nitrogens with zero attached hydrogens (tertiary/aromatic N) is 4. The standard InChI is InChI=1S/C17H13FN4O2/c18-12-5-7-14(8-6-12)22-10-13(19-20-22)9-21-15-3-1-2-4-16(15)24-11-17(21)23/h1-8,10H,9,11H2. The van der Waals surface area contributed by atoms with E-state index in [1.807, 2.05) is 24.3 Å². The molecule has 6 nitrogen and oxygen atoms in total. The first-order valence-corrected chi connectivity index (χ1v) is 7.40. The minimum absolute atomic E-state index is 0.00309. The number of carbonyl (C=O) groups excluding carboxylic acids is 1. The van der Waals surface area contributed by atoms with Crippen molar-refractivity contribution in [3.05, 3.63) is 66.2 Å². The number of hydrogen-bond acceptors (Lipinski definition) is 4. The van der Waals surface area contributed by atoms with E-state index in [4.69, 9.17) is 4.74 Å². The molecule has 0 spiro atoms. The highest BCUT2D eigenvalue weighted by Gasteiger charge is 2.26. The number of rotatable bonds is 3. The van der Waals surface area contributed by atoms with Gasteiger partial charge in [-0.25, -0.2) is 9.07 Å². The van der Waals surface area contributed by atoms with E-state index >= 15 is 0 Å². The number of aromatic nitrogens is 3. The second-order valence-electron chi connectivity index (χ2n) is 5.37. The molecule has 0 saturated carbocycles. The van der Waals surface area contributed by atoms with Crippen LogP contribution in [0.4, 0.5) is 10.1 Å². The predicted octanol–water partition coefficient (Wildman–Crippen LogP) is 2.33. The van der Waals surface area contributed by atoms with Gasteiger partial charge >= 0.3 is 0 Å². The van der Waals surface area contributed by atoms with Crippen molar-refractivity contribution in [2.45, 2.75) is 6.54 Å². The molecule has 0 fully saturated rings. The van der Waals surface area contributed by atoms with Crippen LogP contribution in [0.25, 0.3) is 5.69 Å². The van der Waals surface area contributed by atoms with E-state index in [1.165, 1.54) is 12.1 Å². The van der Waals surface area contributed by atoms with Crippen LogP contribution in [0.5, 0.6) is 5.75 Å². The molecule has 2 aromatic carbocycles. The Labute approximate surface area is 137 Å². The zero-order chi connectivity index (χ0) is 16.5. The van der Waals surface area contributed by atoms with Crippen molar-refractivity contribution in [3.8, 4) is 11.4 Å². The summed E-state index contributed by atoms with van der Waals surface area (Å²) in [5, 5.41) is 8.14. The molecule has 1 aliphatic heterocycles. The van der Waals surface area contributed by atoms with Gasteiger partial charge in [0.15, 0.2) is 6.61 Å². The van der Waals surface area contributed by atoms with Gasteiger partial charge in [-0.05, 0) is 36.4 Å². The molecule has 0 radical (unpaired) electrons. The van der Waals surface area contributed by atoms with Crippen LogP contribution >= 0.6 is 0 Å². The van der Waals surface area contributed by atoms with E-state index in [9.17, 15) is 9.18 Å². The SMILES string of the molecule is O=C1COc2ccccc2N1Cc1cn(-c2ccc(F)cc2)nn1. The Morgan fingerprint density at radius 3 is 2.75 bits per heavy atom. The van der Waals surface area contributed by atoms with E-state index in [1.54, 1.807) is 27.9 Å². The lowest BCUT2D eigenvalue weighted by Crippen LogP contribution is -2.38. The van der Waals surface area contributed by atoms with Crippen molar-refractivity contribution in [1.29, 1.82) is 0 Å². The van der Waals surface area contributed by atoms with Gasteiger partial charge in [0.05, 0.1) is 24.1 Å². The largest absolute Gasteiger partial charge is 0.482 e. The molecule has 2 heterocycles. The molecule has 1 aliphatic rings. The summed E-state index contributed by atoms with van der Waals surface area (Å²) in [6.07, 6.45) is 1.72. The number of halogens is 1. The number of para-hydroxylation sites is 2. The van der Waals surface area contributed by atoms with Crippen molar-refractivity contribution in [1.82, 2.24) is 15.0 Å². The van der Waals surface area contributed by atoms with Crippen molar-refractivity contribution >= 4 is 11.6 Å². The van der Waals surface area contributed by atoms with E-state index < -0.39 is 0 Å². The third-order valence-corrected chi connectivity index (χ3v) is 3.76. The molecule has 0 atom stereocenters. The molecule has 0 bridgehead atoms. The minimum atomic E-state index is -0.311. The Bertz CT molecular complexity index is 892. The van der Waals surface area contributed by atoms with Gasteiger partial charge in [-0.3, -0.25) is 9.69 Å². The van der Waals surface area contributed by atoms with Gasteiger partial charge in [0, 0.05) is 0 Å². The number of fused-ring (bicyclic) bond motifs is 1. The lowest BCUT2D eigenvalue weighted by atomic mass is 10.2. The maximum atomic E-state index is 13.0. The van der Waals surface area contributed by atoms with E-state index in [0.717, 1.165) is 0 Å². The first-order chi connectivity index (χ1) is 11.7. The van der Waals surface area contributed by atoms with Crippen LogP contribution in [-0.2, 0) is 11.3 Å². The summed E-state index contributed by atoms with van der Waals surface area (Å²) in [4.78, 5) is 13.8.